The van der Waals surface area contributed by atoms with Crippen molar-refractivity contribution in [2.75, 3.05) is 5.73 Å². The largest absolute Gasteiger partial charge is 0.455 e. The van der Waals surface area contributed by atoms with Crippen LogP contribution in [0.5, 0.6) is 11.5 Å². The summed E-state index contributed by atoms with van der Waals surface area (Å²) in [6, 6.07) is 13.8. The van der Waals surface area contributed by atoms with Gasteiger partial charge in [-0.15, -0.1) is 0 Å². The van der Waals surface area contributed by atoms with Crippen molar-refractivity contribution in [1.29, 1.82) is 5.26 Å². The molecule has 0 atom stereocenters. The molecule has 2 rings (SSSR count). The number of ether oxygens (including phenoxy) is 1. The van der Waals surface area contributed by atoms with Crippen molar-refractivity contribution in [1.82, 2.24) is 0 Å². The minimum absolute atomic E-state index is 0.464. The van der Waals surface area contributed by atoms with Crippen LogP contribution in [0.25, 0.3) is 0 Å². The van der Waals surface area contributed by atoms with Crippen molar-refractivity contribution in [3.05, 3.63) is 53.1 Å². The highest BCUT2D eigenvalue weighted by Crippen LogP contribution is 2.28. The second kappa shape index (κ2) is 4.77. The molecule has 0 aromatic heterocycles. The first kappa shape index (κ1) is 11.3. The summed E-state index contributed by atoms with van der Waals surface area (Å²) in [4.78, 5) is 0. The summed E-state index contributed by atoms with van der Waals surface area (Å²) in [5, 5.41) is 9.43. The average molecular weight is 245 g/mol. The van der Waals surface area contributed by atoms with E-state index in [2.05, 4.69) is 0 Å². The predicted octanol–water partition coefficient (Wildman–Crippen LogP) is 3.59. The zero-order valence-electron chi connectivity index (χ0n) is 8.85. The molecule has 4 heteroatoms. The van der Waals surface area contributed by atoms with Gasteiger partial charge in [-0.3, -0.25) is 0 Å². The van der Waals surface area contributed by atoms with Gasteiger partial charge in [0.1, 0.15) is 5.75 Å². The van der Waals surface area contributed by atoms with Crippen molar-refractivity contribution in [2.24, 2.45) is 0 Å². The molecule has 2 aromatic rings. The van der Waals surface area contributed by atoms with E-state index in [1.807, 2.05) is 6.07 Å². The molecule has 0 aliphatic rings. The van der Waals surface area contributed by atoms with Crippen LogP contribution < -0.4 is 10.5 Å². The molecular formula is C13H9ClN2O. The number of nitrogen functional groups attached to an aromatic ring is 1. The summed E-state index contributed by atoms with van der Waals surface area (Å²) in [6.45, 7) is 0. The number of rotatable bonds is 2. The van der Waals surface area contributed by atoms with E-state index in [1.165, 1.54) is 0 Å². The third-order valence-corrected chi connectivity index (χ3v) is 2.44. The van der Waals surface area contributed by atoms with E-state index >= 15 is 0 Å². The first-order valence-corrected chi connectivity index (χ1v) is 5.30. The summed E-state index contributed by atoms with van der Waals surface area (Å²) in [7, 11) is 0. The van der Waals surface area contributed by atoms with E-state index in [4.69, 9.17) is 27.3 Å². The Kier molecular flexibility index (Phi) is 3.17. The number of nitriles is 1. The first-order chi connectivity index (χ1) is 8.19. The fourth-order valence-corrected chi connectivity index (χ4v) is 1.45. The van der Waals surface area contributed by atoms with E-state index in [9.17, 15) is 0 Å². The van der Waals surface area contributed by atoms with E-state index in [0.29, 0.717) is 27.8 Å². The normalized spacial score (nSPS) is 9.65. The number of benzene rings is 2. The summed E-state index contributed by atoms with van der Waals surface area (Å²) in [5.41, 5.74) is 6.75. The SMILES string of the molecule is N#Cc1ccc(N)c(Oc2ccc(Cl)cc2)c1. The third-order valence-electron chi connectivity index (χ3n) is 2.18. The summed E-state index contributed by atoms with van der Waals surface area (Å²) in [6.07, 6.45) is 0. The van der Waals surface area contributed by atoms with E-state index in [1.54, 1.807) is 42.5 Å². The molecule has 0 unspecified atom stereocenters. The summed E-state index contributed by atoms with van der Waals surface area (Å²) in [5.74, 6) is 1.09. The zero-order valence-corrected chi connectivity index (χ0v) is 9.61. The Balaban J connectivity index is 2.29. The van der Waals surface area contributed by atoms with Gasteiger partial charge in [0.25, 0.3) is 0 Å². The molecule has 0 saturated carbocycles. The maximum Gasteiger partial charge on any atom is 0.151 e. The zero-order chi connectivity index (χ0) is 12.3. The highest BCUT2D eigenvalue weighted by molar-refractivity contribution is 6.30. The lowest BCUT2D eigenvalue weighted by Crippen LogP contribution is -1.92. The molecule has 2 aromatic carbocycles. The Morgan fingerprint density at radius 3 is 2.47 bits per heavy atom. The Morgan fingerprint density at radius 1 is 1.12 bits per heavy atom. The molecule has 0 aliphatic heterocycles. The Morgan fingerprint density at radius 2 is 1.82 bits per heavy atom. The van der Waals surface area contributed by atoms with Crippen LogP contribution in [0.1, 0.15) is 5.56 Å². The second-order valence-corrected chi connectivity index (χ2v) is 3.86. The maximum atomic E-state index is 8.79. The highest BCUT2D eigenvalue weighted by atomic mass is 35.5. The van der Waals surface area contributed by atoms with Gasteiger partial charge in [0.05, 0.1) is 17.3 Å². The van der Waals surface area contributed by atoms with Gasteiger partial charge < -0.3 is 10.5 Å². The van der Waals surface area contributed by atoms with Crippen molar-refractivity contribution in [3.8, 4) is 17.6 Å². The molecule has 2 N–H and O–H groups in total. The molecule has 0 aliphatic carbocycles. The summed E-state index contributed by atoms with van der Waals surface area (Å²) >= 11 is 5.77. The standard InChI is InChI=1S/C13H9ClN2O/c14-10-2-4-11(5-3-10)17-13-7-9(8-15)1-6-12(13)16/h1-7H,16H2. The first-order valence-electron chi connectivity index (χ1n) is 4.92. The molecule has 0 radical (unpaired) electrons. The van der Waals surface area contributed by atoms with Crippen LogP contribution in [0.2, 0.25) is 5.02 Å². The molecule has 0 spiro atoms. The van der Waals surface area contributed by atoms with Crippen LogP contribution in [0.15, 0.2) is 42.5 Å². The third kappa shape index (κ3) is 2.68. The molecule has 84 valence electrons. The fourth-order valence-electron chi connectivity index (χ4n) is 1.32. The predicted molar refractivity (Wildman–Crippen MR) is 67.1 cm³/mol. The summed E-state index contributed by atoms with van der Waals surface area (Å²) < 4.78 is 5.57. The lowest BCUT2D eigenvalue weighted by atomic mass is 10.2. The minimum Gasteiger partial charge on any atom is -0.455 e. The van der Waals surface area contributed by atoms with Crippen molar-refractivity contribution in [3.63, 3.8) is 0 Å². The highest BCUT2D eigenvalue weighted by Gasteiger charge is 2.03. The van der Waals surface area contributed by atoms with Crippen LogP contribution in [-0.2, 0) is 0 Å². The molecule has 3 nitrogen and oxygen atoms in total. The number of hydrogen-bond donors (Lipinski definition) is 1. The maximum absolute atomic E-state index is 8.79. The topological polar surface area (TPSA) is 59.0 Å². The Bertz CT molecular complexity index is 573. The number of nitrogens with two attached hydrogens (primary N) is 1. The fraction of sp³-hybridized carbons (Fsp3) is 0. The van der Waals surface area contributed by atoms with Gasteiger partial charge in [0.2, 0.25) is 0 Å². The van der Waals surface area contributed by atoms with Gasteiger partial charge in [-0.05, 0) is 36.4 Å². The molecule has 0 amide bonds. The van der Waals surface area contributed by atoms with Gasteiger partial charge in [-0.25, -0.2) is 0 Å². The molecule has 17 heavy (non-hydrogen) atoms. The Labute approximate surface area is 104 Å². The van der Waals surface area contributed by atoms with Crippen molar-refractivity contribution in [2.45, 2.75) is 0 Å². The van der Waals surface area contributed by atoms with E-state index in [-0.39, 0.29) is 0 Å². The minimum atomic E-state index is 0.464. The van der Waals surface area contributed by atoms with Gasteiger partial charge in [-0.2, -0.15) is 5.26 Å². The number of anilines is 1. The van der Waals surface area contributed by atoms with Gasteiger partial charge in [0, 0.05) is 11.1 Å². The van der Waals surface area contributed by atoms with Crippen LogP contribution in [0.4, 0.5) is 5.69 Å². The lowest BCUT2D eigenvalue weighted by Gasteiger charge is -2.08. The van der Waals surface area contributed by atoms with Crippen molar-refractivity contribution >= 4 is 17.3 Å². The van der Waals surface area contributed by atoms with E-state index in [0.717, 1.165) is 0 Å². The van der Waals surface area contributed by atoms with Gasteiger partial charge >= 0.3 is 0 Å². The molecule has 0 saturated heterocycles. The monoisotopic (exact) mass is 244 g/mol. The molecule has 0 bridgehead atoms. The number of hydrogen-bond acceptors (Lipinski definition) is 3. The Hall–Kier alpha value is -2.18. The second-order valence-electron chi connectivity index (χ2n) is 3.42. The lowest BCUT2D eigenvalue weighted by molar-refractivity contribution is 0.485. The molecule has 0 heterocycles. The van der Waals surface area contributed by atoms with E-state index < -0.39 is 0 Å². The van der Waals surface area contributed by atoms with Crippen LogP contribution in [0.3, 0.4) is 0 Å². The van der Waals surface area contributed by atoms with Crippen LogP contribution in [-0.4, -0.2) is 0 Å². The van der Waals surface area contributed by atoms with Gasteiger partial charge in [0.15, 0.2) is 5.75 Å². The quantitative estimate of drug-likeness (QED) is 0.822. The number of halogens is 1. The van der Waals surface area contributed by atoms with Crippen LogP contribution >= 0.6 is 11.6 Å². The average Bonchev–Trinajstić information content (AvgIpc) is 2.35. The van der Waals surface area contributed by atoms with Crippen molar-refractivity contribution < 1.29 is 4.74 Å². The number of nitrogens with zero attached hydrogens (tertiary/aromatic N) is 1. The van der Waals surface area contributed by atoms with Crippen LogP contribution in [0, 0.1) is 11.3 Å². The molecule has 0 fully saturated rings. The molecular weight excluding hydrogens is 236 g/mol. The smallest absolute Gasteiger partial charge is 0.151 e. The van der Waals surface area contributed by atoms with Gasteiger partial charge in [-0.1, -0.05) is 11.6 Å².